The fraction of sp³-hybridized carbons (Fsp3) is 0.0500. The first-order valence-corrected chi connectivity index (χ1v) is 7.86. The highest BCUT2D eigenvalue weighted by Gasteiger charge is 2.08. The number of rotatable bonds is 3. The molecule has 0 radical (unpaired) electrons. The third kappa shape index (κ3) is 4.28. The van der Waals surface area contributed by atoms with Crippen molar-refractivity contribution in [3.8, 4) is 0 Å². The molecule has 3 heteroatoms. The van der Waals surface area contributed by atoms with Crippen molar-refractivity contribution in [3.63, 3.8) is 0 Å². The van der Waals surface area contributed by atoms with Crippen LogP contribution in [0, 0.1) is 0 Å². The van der Waals surface area contributed by atoms with E-state index < -0.39 is 0 Å². The molecule has 114 valence electrons. The minimum atomic E-state index is 0.0429. The molecule has 0 spiro atoms. The summed E-state index contributed by atoms with van der Waals surface area (Å²) in [5.74, 6) is 0.0429. The van der Waals surface area contributed by atoms with Crippen molar-refractivity contribution >= 4 is 17.4 Å². The van der Waals surface area contributed by atoms with Crippen LogP contribution < -0.4 is 4.90 Å². The lowest BCUT2D eigenvalue weighted by molar-refractivity contribution is -0.806. The number of allylic oxidation sites excluding steroid dienone is 10. The van der Waals surface area contributed by atoms with Crippen LogP contribution >= 0.6 is 11.6 Å². The van der Waals surface area contributed by atoms with E-state index in [1.165, 1.54) is 10.5 Å². The number of quaternary nitrogens is 1. The molecule has 0 saturated heterocycles. The predicted octanol–water partition coefficient (Wildman–Crippen LogP) is 3.31. The van der Waals surface area contributed by atoms with Crippen molar-refractivity contribution in [3.05, 3.63) is 107 Å². The van der Waals surface area contributed by atoms with Gasteiger partial charge in [0.1, 0.15) is 6.54 Å². The van der Waals surface area contributed by atoms with E-state index >= 15 is 0 Å². The van der Waals surface area contributed by atoms with Gasteiger partial charge in [-0.05, 0) is 35.9 Å². The summed E-state index contributed by atoms with van der Waals surface area (Å²) in [6.45, 7) is 0.855. The number of ketones is 1. The summed E-state index contributed by atoms with van der Waals surface area (Å²) < 4.78 is 0. The number of benzene rings is 1. The van der Waals surface area contributed by atoms with Crippen LogP contribution in [0.25, 0.3) is 0 Å². The highest BCUT2D eigenvalue weighted by atomic mass is 35.5. The summed E-state index contributed by atoms with van der Waals surface area (Å²) in [7, 11) is 0. The van der Waals surface area contributed by atoms with Crippen molar-refractivity contribution in [2.24, 2.45) is 0 Å². The van der Waals surface area contributed by atoms with Crippen molar-refractivity contribution in [2.75, 3.05) is 0 Å². The molecule has 1 heterocycles. The number of hydrogen-bond acceptors (Lipinski definition) is 1. The SMILES string of the molecule is O=C1C=CC=CC1=CC=C1C=C[NH+](Cc2cccc(Cl)c2)C=C1. The van der Waals surface area contributed by atoms with Gasteiger partial charge >= 0.3 is 0 Å². The minimum Gasteiger partial charge on any atom is -0.289 e. The zero-order valence-corrected chi connectivity index (χ0v) is 13.3. The topological polar surface area (TPSA) is 21.5 Å². The van der Waals surface area contributed by atoms with Gasteiger partial charge in [-0.3, -0.25) is 9.69 Å². The van der Waals surface area contributed by atoms with Gasteiger partial charge in [0.25, 0.3) is 0 Å². The van der Waals surface area contributed by atoms with Gasteiger partial charge < -0.3 is 0 Å². The lowest BCUT2D eigenvalue weighted by Crippen LogP contribution is -3.01. The lowest BCUT2D eigenvalue weighted by Gasteiger charge is -2.13. The maximum absolute atomic E-state index is 11.7. The standard InChI is InChI=1S/C20H16ClNO/c21-19-6-3-4-17(14-19)15-22-12-10-16(11-13-22)8-9-18-5-1-2-7-20(18)23/h1-14H,15H2/p+1. The first-order chi connectivity index (χ1) is 11.2. The highest BCUT2D eigenvalue weighted by Crippen LogP contribution is 2.11. The maximum atomic E-state index is 11.7. The molecule has 1 aromatic carbocycles. The Labute approximate surface area is 141 Å². The van der Waals surface area contributed by atoms with E-state index in [1.54, 1.807) is 12.2 Å². The van der Waals surface area contributed by atoms with E-state index in [0.717, 1.165) is 17.1 Å². The maximum Gasteiger partial charge on any atom is 0.185 e. The minimum absolute atomic E-state index is 0.0429. The molecule has 0 aromatic heterocycles. The molecule has 0 saturated carbocycles. The smallest absolute Gasteiger partial charge is 0.185 e. The normalized spacial score (nSPS) is 21.3. The van der Waals surface area contributed by atoms with E-state index in [4.69, 9.17) is 11.6 Å². The van der Waals surface area contributed by atoms with Crippen LogP contribution in [0.5, 0.6) is 0 Å². The summed E-state index contributed by atoms with van der Waals surface area (Å²) in [5.41, 5.74) is 2.97. The van der Waals surface area contributed by atoms with Gasteiger partial charge in [-0.2, -0.15) is 0 Å². The first kappa shape index (κ1) is 15.5. The Morgan fingerprint density at radius 3 is 2.52 bits per heavy atom. The molecular formula is C20H17ClNO+. The number of carbonyl (C=O) groups is 1. The molecule has 0 bridgehead atoms. The van der Waals surface area contributed by atoms with E-state index in [9.17, 15) is 4.79 Å². The Balaban J connectivity index is 1.65. The van der Waals surface area contributed by atoms with Gasteiger partial charge in [0.05, 0.1) is 12.4 Å². The molecule has 23 heavy (non-hydrogen) atoms. The van der Waals surface area contributed by atoms with Crippen molar-refractivity contribution in [2.45, 2.75) is 6.54 Å². The predicted molar refractivity (Wildman–Crippen MR) is 93.9 cm³/mol. The molecule has 0 atom stereocenters. The molecule has 0 unspecified atom stereocenters. The van der Waals surface area contributed by atoms with Crippen molar-refractivity contribution in [1.29, 1.82) is 0 Å². The Morgan fingerprint density at radius 2 is 1.78 bits per heavy atom. The molecular weight excluding hydrogens is 306 g/mol. The Morgan fingerprint density at radius 1 is 1.00 bits per heavy atom. The van der Waals surface area contributed by atoms with Crippen LogP contribution in [0.1, 0.15) is 5.56 Å². The van der Waals surface area contributed by atoms with Crippen LogP contribution in [0.4, 0.5) is 0 Å². The molecule has 3 rings (SSSR count). The van der Waals surface area contributed by atoms with Gasteiger partial charge in [-0.15, -0.1) is 0 Å². The summed E-state index contributed by atoms with van der Waals surface area (Å²) in [5, 5.41) is 0.762. The van der Waals surface area contributed by atoms with Gasteiger partial charge in [0, 0.05) is 16.2 Å². The van der Waals surface area contributed by atoms with Crippen LogP contribution in [0.3, 0.4) is 0 Å². The first-order valence-electron chi connectivity index (χ1n) is 7.48. The molecule has 2 aliphatic rings. The zero-order chi connectivity index (χ0) is 16.1. The molecule has 1 N–H and O–H groups in total. The molecule has 0 fully saturated rings. The fourth-order valence-corrected chi connectivity index (χ4v) is 2.65. The third-order valence-electron chi connectivity index (χ3n) is 3.65. The Hall–Kier alpha value is -2.42. The molecule has 1 aliphatic carbocycles. The van der Waals surface area contributed by atoms with Gasteiger partial charge in [-0.1, -0.05) is 54.1 Å². The number of nitrogens with one attached hydrogen (secondary N) is 1. The summed E-state index contributed by atoms with van der Waals surface area (Å²) in [6, 6.07) is 7.91. The van der Waals surface area contributed by atoms with Crippen LogP contribution in [0.2, 0.25) is 5.02 Å². The average molecular weight is 323 g/mol. The van der Waals surface area contributed by atoms with Gasteiger partial charge in [0.15, 0.2) is 5.78 Å². The largest absolute Gasteiger partial charge is 0.289 e. The van der Waals surface area contributed by atoms with Crippen molar-refractivity contribution < 1.29 is 9.69 Å². The second-order valence-electron chi connectivity index (χ2n) is 5.42. The third-order valence-corrected chi connectivity index (χ3v) is 3.89. The second-order valence-corrected chi connectivity index (χ2v) is 5.86. The fourth-order valence-electron chi connectivity index (χ4n) is 2.43. The molecule has 0 amide bonds. The Kier molecular flexibility index (Phi) is 4.86. The summed E-state index contributed by atoms with van der Waals surface area (Å²) >= 11 is 6.01. The molecule has 1 aromatic rings. The van der Waals surface area contributed by atoms with E-state index in [1.807, 2.05) is 42.5 Å². The Bertz CT molecular complexity index is 778. The van der Waals surface area contributed by atoms with E-state index in [2.05, 4.69) is 30.6 Å². The van der Waals surface area contributed by atoms with Gasteiger partial charge in [-0.25, -0.2) is 0 Å². The van der Waals surface area contributed by atoms with Gasteiger partial charge in [0.2, 0.25) is 0 Å². The van der Waals surface area contributed by atoms with Crippen LogP contribution in [-0.4, -0.2) is 5.78 Å². The molecule has 2 nitrogen and oxygen atoms in total. The lowest BCUT2D eigenvalue weighted by atomic mass is 10.0. The second kappa shape index (κ2) is 7.23. The number of hydrogen-bond donors (Lipinski definition) is 1. The zero-order valence-electron chi connectivity index (χ0n) is 12.6. The number of halogens is 1. The van der Waals surface area contributed by atoms with Crippen LogP contribution in [0.15, 0.2) is 96.4 Å². The summed E-state index contributed by atoms with van der Waals surface area (Å²) in [6.07, 6.45) is 19.2. The quantitative estimate of drug-likeness (QED) is 0.847. The van der Waals surface area contributed by atoms with Crippen molar-refractivity contribution in [1.82, 2.24) is 0 Å². The van der Waals surface area contributed by atoms with E-state index in [-0.39, 0.29) is 5.78 Å². The summed E-state index contributed by atoms with van der Waals surface area (Å²) in [4.78, 5) is 12.9. The van der Waals surface area contributed by atoms with Crippen LogP contribution in [-0.2, 0) is 11.3 Å². The highest BCUT2D eigenvalue weighted by molar-refractivity contribution is 6.30. The average Bonchev–Trinajstić information content (AvgIpc) is 2.56. The number of carbonyl (C=O) groups excluding carboxylic acids is 1. The monoisotopic (exact) mass is 322 g/mol. The van der Waals surface area contributed by atoms with E-state index in [0.29, 0.717) is 5.57 Å². The molecule has 1 aliphatic heterocycles.